The van der Waals surface area contributed by atoms with Crippen LogP contribution in [0.5, 0.6) is 0 Å². The summed E-state index contributed by atoms with van der Waals surface area (Å²) in [6, 6.07) is 7.23. The van der Waals surface area contributed by atoms with Gasteiger partial charge in [0.1, 0.15) is 0 Å². The lowest BCUT2D eigenvalue weighted by Gasteiger charge is -2.12. The van der Waals surface area contributed by atoms with E-state index in [1.807, 2.05) is 36.6 Å². The van der Waals surface area contributed by atoms with Crippen molar-refractivity contribution >= 4 is 17.6 Å². The molecule has 2 rings (SSSR count). The fourth-order valence-electron chi connectivity index (χ4n) is 2.09. The lowest BCUT2D eigenvalue weighted by Crippen LogP contribution is -2.05. The number of benzene rings is 1. The fourth-order valence-corrected chi connectivity index (χ4v) is 2.25. The van der Waals surface area contributed by atoms with Gasteiger partial charge in [0.25, 0.3) is 0 Å². The van der Waals surface area contributed by atoms with Crippen LogP contribution in [0.1, 0.15) is 28.5 Å². The third kappa shape index (κ3) is 2.14. The smallest absolute Gasteiger partial charge is 0.337 e. The molecule has 0 bridgehead atoms. The van der Waals surface area contributed by atoms with Gasteiger partial charge in [-0.15, -0.1) is 0 Å². The summed E-state index contributed by atoms with van der Waals surface area (Å²) in [6.45, 7) is 3.92. The number of aryl methyl sites for hydroxylation is 1. The second kappa shape index (κ2) is 4.86. The van der Waals surface area contributed by atoms with Crippen molar-refractivity contribution in [3.63, 3.8) is 0 Å². The summed E-state index contributed by atoms with van der Waals surface area (Å²) in [4.78, 5) is 11.1. The molecule has 0 aliphatic rings. The Morgan fingerprint density at radius 1 is 1.39 bits per heavy atom. The molecule has 94 valence electrons. The average molecular weight is 264 g/mol. The lowest BCUT2D eigenvalue weighted by molar-refractivity contribution is 0.0696. The molecule has 18 heavy (non-hydrogen) atoms. The van der Waals surface area contributed by atoms with Crippen LogP contribution < -0.4 is 0 Å². The van der Waals surface area contributed by atoms with Gasteiger partial charge in [0.05, 0.1) is 5.56 Å². The first-order valence-corrected chi connectivity index (χ1v) is 6.12. The number of halogens is 1. The first-order valence-electron chi connectivity index (χ1n) is 5.74. The molecule has 0 fully saturated rings. The van der Waals surface area contributed by atoms with Crippen molar-refractivity contribution in [2.45, 2.75) is 20.3 Å². The molecule has 0 atom stereocenters. The highest BCUT2D eigenvalue weighted by molar-refractivity contribution is 6.30. The molecule has 2 aromatic rings. The zero-order chi connectivity index (χ0) is 13.3. The van der Waals surface area contributed by atoms with E-state index in [4.69, 9.17) is 16.7 Å². The quantitative estimate of drug-likeness (QED) is 0.917. The van der Waals surface area contributed by atoms with Crippen LogP contribution in [-0.4, -0.2) is 15.6 Å². The molecule has 1 N–H and O–H groups in total. The van der Waals surface area contributed by atoms with E-state index in [1.165, 1.54) is 0 Å². The predicted octanol–water partition coefficient (Wildman–Crippen LogP) is 3.70. The minimum Gasteiger partial charge on any atom is -0.478 e. The van der Waals surface area contributed by atoms with Crippen molar-refractivity contribution in [1.82, 2.24) is 4.57 Å². The predicted molar refractivity (Wildman–Crippen MR) is 71.9 cm³/mol. The van der Waals surface area contributed by atoms with Crippen LogP contribution in [0.15, 0.2) is 30.5 Å². The summed E-state index contributed by atoms with van der Waals surface area (Å²) >= 11 is 6.00. The van der Waals surface area contributed by atoms with Gasteiger partial charge in [0.15, 0.2) is 0 Å². The van der Waals surface area contributed by atoms with Crippen molar-refractivity contribution in [1.29, 1.82) is 0 Å². The molecule has 0 aliphatic heterocycles. The number of carboxylic acids is 1. The van der Waals surface area contributed by atoms with Crippen LogP contribution in [-0.2, 0) is 6.42 Å². The van der Waals surface area contributed by atoms with Crippen molar-refractivity contribution in [3.05, 3.63) is 52.3 Å². The Labute approximate surface area is 111 Å². The third-order valence-electron chi connectivity index (χ3n) is 2.99. The number of carbonyl (C=O) groups is 1. The summed E-state index contributed by atoms with van der Waals surface area (Å²) in [5.74, 6) is -0.898. The zero-order valence-corrected chi connectivity index (χ0v) is 11.0. The first kappa shape index (κ1) is 12.7. The molecule has 0 amide bonds. The first-order chi connectivity index (χ1) is 8.54. The van der Waals surface area contributed by atoms with Crippen LogP contribution in [0.25, 0.3) is 5.69 Å². The molecule has 1 aromatic heterocycles. The van der Waals surface area contributed by atoms with Gasteiger partial charge in [-0.2, -0.15) is 0 Å². The number of nitrogens with zero attached hydrogens (tertiary/aromatic N) is 1. The number of aromatic nitrogens is 1. The van der Waals surface area contributed by atoms with E-state index in [0.29, 0.717) is 17.0 Å². The normalized spacial score (nSPS) is 10.6. The molecule has 0 spiro atoms. The van der Waals surface area contributed by atoms with Gasteiger partial charge in [0.2, 0.25) is 0 Å². The monoisotopic (exact) mass is 263 g/mol. The molecule has 0 radical (unpaired) electrons. The van der Waals surface area contributed by atoms with Gasteiger partial charge < -0.3 is 9.67 Å². The van der Waals surface area contributed by atoms with Gasteiger partial charge in [-0.3, -0.25) is 0 Å². The Morgan fingerprint density at radius 2 is 2.11 bits per heavy atom. The Bertz CT molecular complexity index is 602. The van der Waals surface area contributed by atoms with E-state index in [1.54, 1.807) is 12.3 Å². The van der Waals surface area contributed by atoms with E-state index >= 15 is 0 Å². The molecule has 3 nitrogen and oxygen atoms in total. The highest BCUT2D eigenvalue weighted by Gasteiger charge is 2.15. The van der Waals surface area contributed by atoms with Gasteiger partial charge in [0, 0.05) is 22.6 Å². The Kier molecular flexibility index (Phi) is 3.43. The van der Waals surface area contributed by atoms with E-state index < -0.39 is 5.97 Å². The summed E-state index contributed by atoms with van der Waals surface area (Å²) in [7, 11) is 0. The molecule has 1 aromatic carbocycles. The number of aromatic carboxylic acids is 1. The minimum atomic E-state index is -0.898. The summed E-state index contributed by atoms with van der Waals surface area (Å²) < 4.78 is 1.89. The standard InChI is InChI=1S/C14H14ClNO2/c1-3-12-11(14(17)18)6-7-16(12)13-8-10(15)5-4-9(13)2/h4-8H,3H2,1-2H3,(H,17,18). The average Bonchev–Trinajstić information content (AvgIpc) is 2.75. The topological polar surface area (TPSA) is 42.2 Å². The van der Waals surface area contributed by atoms with E-state index in [2.05, 4.69) is 0 Å². The Balaban J connectivity index is 2.64. The fraction of sp³-hybridized carbons (Fsp3) is 0.214. The lowest BCUT2D eigenvalue weighted by atomic mass is 10.1. The molecule has 0 aliphatic carbocycles. The second-order valence-electron chi connectivity index (χ2n) is 4.14. The van der Waals surface area contributed by atoms with Gasteiger partial charge in [-0.05, 0) is 37.1 Å². The van der Waals surface area contributed by atoms with Gasteiger partial charge >= 0.3 is 5.97 Å². The Hall–Kier alpha value is -1.74. The van der Waals surface area contributed by atoms with E-state index in [9.17, 15) is 4.79 Å². The van der Waals surface area contributed by atoms with Crippen LogP contribution in [0.3, 0.4) is 0 Å². The second-order valence-corrected chi connectivity index (χ2v) is 4.57. The number of hydrogen-bond donors (Lipinski definition) is 1. The third-order valence-corrected chi connectivity index (χ3v) is 3.22. The SMILES string of the molecule is CCc1c(C(=O)O)ccn1-c1cc(Cl)ccc1C. The Morgan fingerprint density at radius 3 is 2.72 bits per heavy atom. The summed E-state index contributed by atoms with van der Waals surface area (Å²) in [6.07, 6.45) is 2.43. The largest absolute Gasteiger partial charge is 0.478 e. The molecule has 1 heterocycles. The summed E-state index contributed by atoms with van der Waals surface area (Å²) in [5.41, 5.74) is 3.11. The molecule has 4 heteroatoms. The molecule has 0 unspecified atom stereocenters. The van der Waals surface area contributed by atoms with Crippen molar-refractivity contribution < 1.29 is 9.90 Å². The highest BCUT2D eigenvalue weighted by Crippen LogP contribution is 2.23. The van der Waals surface area contributed by atoms with Gasteiger partial charge in [-0.25, -0.2) is 4.79 Å². The van der Waals surface area contributed by atoms with Crippen LogP contribution in [0, 0.1) is 6.92 Å². The molecular weight excluding hydrogens is 250 g/mol. The van der Waals surface area contributed by atoms with Crippen LogP contribution in [0.2, 0.25) is 5.02 Å². The highest BCUT2D eigenvalue weighted by atomic mass is 35.5. The van der Waals surface area contributed by atoms with E-state index in [0.717, 1.165) is 16.9 Å². The van der Waals surface area contributed by atoms with Crippen molar-refractivity contribution in [2.24, 2.45) is 0 Å². The van der Waals surface area contributed by atoms with Crippen molar-refractivity contribution in [2.75, 3.05) is 0 Å². The summed E-state index contributed by atoms with van der Waals surface area (Å²) in [5, 5.41) is 9.78. The maximum atomic E-state index is 11.1. The number of rotatable bonds is 3. The minimum absolute atomic E-state index is 0.344. The van der Waals surface area contributed by atoms with Crippen LogP contribution in [0.4, 0.5) is 0 Å². The van der Waals surface area contributed by atoms with Crippen molar-refractivity contribution in [3.8, 4) is 5.69 Å². The molecule has 0 saturated heterocycles. The maximum Gasteiger partial charge on any atom is 0.337 e. The molecule has 0 saturated carbocycles. The van der Waals surface area contributed by atoms with Gasteiger partial charge in [-0.1, -0.05) is 24.6 Å². The van der Waals surface area contributed by atoms with E-state index in [-0.39, 0.29) is 0 Å². The van der Waals surface area contributed by atoms with Crippen LogP contribution >= 0.6 is 11.6 Å². The number of carboxylic acid groups (broad SMARTS) is 1. The zero-order valence-electron chi connectivity index (χ0n) is 10.3. The molecular formula is C14H14ClNO2. The maximum absolute atomic E-state index is 11.1. The number of hydrogen-bond acceptors (Lipinski definition) is 1.